The van der Waals surface area contributed by atoms with E-state index in [1.807, 2.05) is 44.6 Å². The van der Waals surface area contributed by atoms with Crippen molar-refractivity contribution in [2.45, 2.75) is 32.4 Å². The van der Waals surface area contributed by atoms with Crippen LogP contribution < -0.4 is 10.5 Å². The number of para-hydroxylation sites is 1. The second kappa shape index (κ2) is 5.89. The van der Waals surface area contributed by atoms with E-state index in [4.69, 9.17) is 10.5 Å². The fourth-order valence-corrected chi connectivity index (χ4v) is 2.11. The second-order valence-electron chi connectivity index (χ2n) is 4.81. The molecular weight excluding hydrogens is 238 g/mol. The number of ether oxygens (including phenoxy) is 1. The SMILES string of the molecule is CCc1ccccc1OC(c1cnn(C)c1)C(C)N. The highest BCUT2D eigenvalue weighted by atomic mass is 16.5. The fourth-order valence-electron chi connectivity index (χ4n) is 2.11. The molecule has 0 saturated carbocycles. The van der Waals surface area contributed by atoms with Gasteiger partial charge in [0.2, 0.25) is 0 Å². The molecule has 1 heterocycles. The maximum atomic E-state index is 6.12. The van der Waals surface area contributed by atoms with Gasteiger partial charge in [-0.2, -0.15) is 5.10 Å². The highest BCUT2D eigenvalue weighted by Gasteiger charge is 2.20. The van der Waals surface area contributed by atoms with E-state index in [0.717, 1.165) is 17.7 Å². The first-order valence-corrected chi connectivity index (χ1v) is 6.60. The number of rotatable bonds is 5. The molecule has 19 heavy (non-hydrogen) atoms. The molecule has 4 nitrogen and oxygen atoms in total. The minimum atomic E-state index is -0.179. The standard InChI is InChI=1S/C15H21N3O/c1-4-12-7-5-6-8-14(12)19-15(11(2)16)13-9-17-18(3)10-13/h5-11,15H,4,16H2,1-3H3. The largest absolute Gasteiger partial charge is 0.484 e. The van der Waals surface area contributed by atoms with Crippen molar-refractivity contribution in [2.24, 2.45) is 12.8 Å². The second-order valence-corrected chi connectivity index (χ2v) is 4.81. The molecule has 0 aliphatic rings. The fraction of sp³-hybridized carbons (Fsp3) is 0.400. The zero-order valence-electron chi connectivity index (χ0n) is 11.7. The van der Waals surface area contributed by atoms with Crippen LogP contribution in [0.5, 0.6) is 5.75 Å². The summed E-state index contributed by atoms with van der Waals surface area (Å²) in [5.41, 5.74) is 8.25. The first kappa shape index (κ1) is 13.6. The van der Waals surface area contributed by atoms with Crippen molar-refractivity contribution in [1.82, 2.24) is 9.78 Å². The molecule has 0 spiro atoms. The number of hydrogen-bond acceptors (Lipinski definition) is 3. The van der Waals surface area contributed by atoms with Crippen molar-refractivity contribution in [2.75, 3.05) is 0 Å². The highest BCUT2D eigenvalue weighted by molar-refractivity contribution is 5.34. The molecule has 2 N–H and O–H groups in total. The van der Waals surface area contributed by atoms with Gasteiger partial charge in [0.25, 0.3) is 0 Å². The van der Waals surface area contributed by atoms with Gasteiger partial charge in [-0.1, -0.05) is 25.1 Å². The molecule has 2 unspecified atom stereocenters. The van der Waals surface area contributed by atoms with Crippen LogP contribution in [0.4, 0.5) is 0 Å². The van der Waals surface area contributed by atoms with Crippen LogP contribution in [-0.4, -0.2) is 15.8 Å². The van der Waals surface area contributed by atoms with E-state index in [2.05, 4.69) is 18.1 Å². The van der Waals surface area contributed by atoms with Crippen LogP contribution in [0.3, 0.4) is 0 Å². The molecule has 4 heteroatoms. The summed E-state index contributed by atoms with van der Waals surface area (Å²) in [5.74, 6) is 0.899. The minimum absolute atomic E-state index is 0.103. The summed E-state index contributed by atoms with van der Waals surface area (Å²) in [7, 11) is 1.89. The van der Waals surface area contributed by atoms with E-state index in [-0.39, 0.29) is 12.1 Å². The Morgan fingerprint density at radius 3 is 2.68 bits per heavy atom. The molecule has 0 radical (unpaired) electrons. The third-order valence-electron chi connectivity index (χ3n) is 3.14. The first-order valence-electron chi connectivity index (χ1n) is 6.60. The predicted molar refractivity (Wildman–Crippen MR) is 76.0 cm³/mol. The summed E-state index contributed by atoms with van der Waals surface area (Å²) in [4.78, 5) is 0. The van der Waals surface area contributed by atoms with E-state index in [0.29, 0.717) is 0 Å². The van der Waals surface area contributed by atoms with Crippen LogP contribution in [-0.2, 0) is 13.5 Å². The number of aryl methyl sites for hydroxylation is 2. The van der Waals surface area contributed by atoms with Gasteiger partial charge < -0.3 is 10.5 Å². The van der Waals surface area contributed by atoms with Crippen molar-refractivity contribution in [3.8, 4) is 5.75 Å². The Bertz CT molecular complexity index is 534. The quantitative estimate of drug-likeness (QED) is 0.897. The molecule has 0 saturated heterocycles. The van der Waals surface area contributed by atoms with Gasteiger partial charge in [-0.05, 0) is 25.0 Å². The summed E-state index contributed by atoms with van der Waals surface area (Å²) < 4.78 is 7.88. The Morgan fingerprint density at radius 2 is 2.11 bits per heavy atom. The highest BCUT2D eigenvalue weighted by Crippen LogP contribution is 2.27. The van der Waals surface area contributed by atoms with Crippen LogP contribution in [0.2, 0.25) is 0 Å². The lowest BCUT2D eigenvalue weighted by atomic mass is 10.1. The first-order chi connectivity index (χ1) is 9.11. The number of hydrogen-bond donors (Lipinski definition) is 1. The Hall–Kier alpha value is -1.81. The average molecular weight is 259 g/mol. The van der Waals surface area contributed by atoms with E-state index < -0.39 is 0 Å². The Labute approximate surface area is 114 Å². The number of benzene rings is 1. The van der Waals surface area contributed by atoms with Crippen LogP contribution in [0.15, 0.2) is 36.7 Å². The minimum Gasteiger partial charge on any atom is -0.484 e. The van der Waals surface area contributed by atoms with Gasteiger partial charge in [0.05, 0.1) is 6.20 Å². The van der Waals surface area contributed by atoms with E-state index >= 15 is 0 Å². The summed E-state index contributed by atoms with van der Waals surface area (Å²) >= 11 is 0. The van der Waals surface area contributed by atoms with Crippen LogP contribution in [0.25, 0.3) is 0 Å². The lowest BCUT2D eigenvalue weighted by molar-refractivity contribution is 0.178. The molecule has 0 aliphatic heterocycles. The maximum absolute atomic E-state index is 6.12. The molecule has 102 valence electrons. The molecule has 0 fully saturated rings. The molecule has 0 bridgehead atoms. The predicted octanol–water partition coefficient (Wildman–Crippen LogP) is 2.45. The van der Waals surface area contributed by atoms with Gasteiger partial charge in [0.15, 0.2) is 0 Å². The summed E-state index contributed by atoms with van der Waals surface area (Å²) in [5, 5.41) is 4.19. The lowest BCUT2D eigenvalue weighted by Gasteiger charge is -2.22. The normalized spacial score (nSPS) is 14.1. The smallest absolute Gasteiger partial charge is 0.141 e. The number of nitrogens with zero attached hydrogens (tertiary/aromatic N) is 2. The Kier molecular flexibility index (Phi) is 4.22. The van der Waals surface area contributed by atoms with Crippen molar-refractivity contribution in [3.63, 3.8) is 0 Å². The van der Waals surface area contributed by atoms with Gasteiger partial charge in [0.1, 0.15) is 11.9 Å². The zero-order valence-corrected chi connectivity index (χ0v) is 11.7. The Morgan fingerprint density at radius 1 is 1.37 bits per heavy atom. The van der Waals surface area contributed by atoms with Crippen LogP contribution in [0.1, 0.15) is 31.1 Å². The van der Waals surface area contributed by atoms with Crippen molar-refractivity contribution < 1.29 is 4.74 Å². The van der Waals surface area contributed by atoms with Crippen LogP contribution >= 0.6 is 0 Å². The number of nitrogens with two attached hydrogens (primary N) is 1. The zero-order chi connectivity index (χ0) is 13.8. The topological polar surface area (TPSA) is 53.1 Å². The van der Waals surface area contributed by atoms with Gasteiger partial charge >= 0.3 is 0 Å². The van der Waals surface area contributed by atoms with Gasteiger partial charge in [-0.25, -0.2) is 0 Å². The average Bonchev–Trinajstić information content (AvgIpc) is 2.82. The van der Waals surface area contributed by atoms with Crippen molar-refractivity contribution >= 4 is 0 Å². The third-order valence-corrected chi connectivity index (χ3v) is 3.14. The molecule has 2 rings (SSSR count). The number of aromatic nitrogens is 2. The molecule has 1 aromatic carbocycles. The lowest BCUT2D eigenvalue weighted by Crippen LogP contribution is -2.29. The van der Waals surface area contributed by atoms with Crippen molar-refractivity contribution in [1.29, 1.82) is 0 Å². The van der Waals surface area contributed by atoms with Gasteiger partial charge in [-0.15, -0.1) is 0 Å². The molecule has 2 aromatic rings. The third kappa shape index (κ3) is 3.15. The van der Waals surface area contributed by atoms with Crippen molar-refractivity contribution in [3.05, 3.63) is 47.8 Å². The maximum Gasteiger partial charge on any atom is 0.141 e. The van der Waals surface area contributed by atoms with E-state index in [9.17, 15) is 0 Å². The van der Waals surface area contributed by atoms with Gasteiger partial charge in [0, 0.05) is 24.8 Å². The monoisotopic (exact) mass is 259 g/mol. The molecule has 0 aliphatic carbocycles. The summed E-state index contributed by atoms with van der Waals surface area (Å²) in [6.07, 6.45) is 4.52. The molecular formula is C15H21N3O. The van der Waals surface area contributed by atoms with E-state index in [1.54, 1.807) is 4.68 Å². The molecule has 1 aromatic heterocycles. The molecule has 2 atom stereocenters. The molecule has 0 amide bonds. The van der Waals surface area contributed by atoms with Gasteiger partial charge in [-0.3, -0.25) is 4.68 Å². The van der Waals surface area contributed by atoms with Crippen LogP contribution in [0, 0.1) is 0 Å². The Balaban J connectivity index is 2.26. The summed E-state index contributed by atoms with van der Waals surface area (Å²) in [6, 6.07) is 7.97. The summed E-state index contributed by atoms with van der Waals surface area (Å²) in [6.45, 7) is 4.07. The van der Waals surface area contributed by atoms with E-state index in [1.165, 1.54) is 5.56 Å².